The van der Waals surface area contributed by atoms with Gasteiger partial charge < -0.3 is 10.0 Å². The van der Waals surface area contributed by atoms with E-state index in [0.717, 1.165) is 19.0 Å². The summed E-state index contributed by atoms with van der Waals surface area (Å²) in [4.78, 5) is 2.29. The number of nitrogens with zero attached hydrogens (tertiary/aromatic N) is 1. The van der Waals surface area contributed by atoms with Crippen molar-refractivity contribution < 1.29 is 5.11 Å². The Morgan fingerprint density at radius 2 is 2.07 bits per heavy atom. The molecule has 0 amide bonds. The van der Waals surface area contributed by atoms with E-state index in [0.29, 0.717) is 5.75 Å². The maximum atomic E-state index is 9.33. The van der Waals surface area contributed by atoms with Gasteiger partial charge in [0.1, 0.15) is 5.75 Å². The van der Waals surface area contributed by atoms with Crippen LogP contribution in [0.15, 0.2) is 24.3 Å². The minimum Gasteiger partial charge on any atom is -0.508 e. The number of phenols is 1. The first-order chi connectivity index (χ1) is 7.08. The lowest BCUT2D eigenvalue weighted by atomic mass is 10.1. The second-order valence-corrected chi connectivity index (χ2v) is 4.59. The van der Waals surface area contributed by atoms with Gasteiger partial charge in [-0.15, -0.1) is 0 Å². The van der Waals surface area contributed by atoms with Crippen LogP contribution in [0.5, 0.6) is 5.75 Å². The maximum absolute atomic E-state index is 9.33. The van der Waals surface area contributed by atoms with Gasteiger partial charge >= 0.3 is 0 Å². The molecule has 2 heteroatoms. The summed E-state index contributed by atoms with van der Waals surface area (Å²) in [6, 6.07) is 7.47. The zero-order valence-corrected chi connectivity index (χ0v) is 9.90. The number of aromatic hydroxyl groups is 1. The molecule has 2 nitrogen and oxygen atoms in total. The smallest absolute Gasteiger partial charge is 0.115 e. The van der Waals surface area contributed by atoms with E-state index in [1.54, 1.807) is 6.07 Å². The van der Waals surface area contributed by atoms with Gasteiger partial charge in [-0.25, -0.2) is 0 Å². The van der Waals surface area contributed by atoms with Crippen molar-refractivity contribution in [2.75, 3.05) is 13.6 Å². The summed E-state index contributed by atoms with van der Waals surface area (Å²) >= 11 is 0. The van der Waals surface area contributed by atoms with Gasteiger partial charge in [-0.3, -0.25) is 0 Å². The first-order valence-electron chi connectivity index (χ1n) is 5.54. The highest BCUT2D eigenvalue weighted by atomic mass is 16.3. The normalized spacial score (nSPS) is 11.3. The molecule has 1 N–H and O–H groups in total. The van der Waals surface area contributed by atoms with Crippen molar-refractivity contribution >= 4 is 0 Å². The number of rotatable bonds is 5. The number of hydrogen-bond donors (Lipinski definition) is 1. The molecule has 1 aromatic rings. The fourth-order valence-electron chi connectivity index (χ4n) is 1.52. The molecule has 1 aromatic carbocycles. The minimum absolute atomic E-state index is 0.352. The van der Waals surface area contributed by atoms with Crippen LogP contribution in [-0.2, 0) is 6.54 Å². The second kappa shape index (κ2) is 5.76. The Labute approximate surface area is 92.5 Å². The van der Waals surface area contributed by atoms with Gasteiger partial charge in [-0.1, -0.05) is 26.0 Å². The summed E-state index contributed by atoms with van der Waals surface area (Å²) in [5.74, 6) is 1.10. The molecule has 1 rings (SSSR count). The van der Waals surface area contributed by atoms with E-state index in [1.807, 2.05) is 18.2 Å². The Hall–Kier alpha value is -1.02. The third kappa shape index (κ3) is 4.84. The summed E-state index contributed by atoms with van der Waals surface area (Å²) in [6.45, 7) is 6.48. The van der Waals surface area contributed by atoms with Crippen molar-refractivity contribution in [3.63, 3.8) is 0 Å². The van der Waals surface area contributed by atoms with Crippen molar-refractivity contribution in [2.45, 2.75) is 26.8 Å². The molecule has 0 aliphatic rings. The van der Waals surface area contributed by atoms with E-state index < -0.39 is 0 Å². The standard InChI is InChI=1S/C13H21NO/c1-11(2)7-8-14(3)10-12-5-4-6-13(15)9-12/h4-6,9,11,15H,7-8,10H2,1-3H3. The molecule has 0 heterocycles. The molecule has 84 valence electrons. The highest BCUT2D eigenvalue weighted by Crippen LogP contribution is 2.12. The van der Waals surface area contributed by atoms with E-state index in [2.05, 4.69) is 25.8 Å². The van der Waals surface area contributed by atoms with Crippen molar-refractivity contribution in [3.05, 3.63) is 29.8 Å². The molecule has 15 heavy (non-hydrogen) atoms. The average Bonchev–Trinajstić information content (AvgIpc) is 2.15. The van der Waals surface area contributed by atoms with Crippen LogP contribution in [0.25, 0.3) is 0 Å². The SMILES string of the molecule is CC(C)CCN(C)Cc1cccc(O)c1. The van der Waals surface area contributed by atoms with Gasteiger partial charge in [0, 0.05) is 6.54 Å². The molecular weight excluding hydrogens is 186 g/mol. The largest absolute Gasteiger partial charge is 0.508 e. The van der Waals surface area contributed by atoms with Crippen molar-refractivity contribution in [1.29, 1.82) is 0 Å². The Kier molecular flexibility index (Phi) is 4.63. The zero-order chi connectivity index (χ0) is 11.3. The molecule has 0 aliphatic heterocycles. The first kappa shape index (κ1) is 12.1. The van der Waals surface area contributed by atoms with Crippen LogP contribution in [-0.4, -0.2) is 23.6 Å². The molecule has 0 bridgehead atoms. The van der Waals surface area contributed by atoms with E-state index in [9.17, 15) is 5.11 Å². The van der Waals surface area contributed by atoms with Crippen LogP contribution < -0.4 is 0 Å². The number of benzene rings is 1. The topological polar surface area (TPSA) is 23.5 Å². The zero-order valence-electron chi connectivity index (χ0n) is 9.90. The van der Waals surface area contributed by atoms with Gasteiger partial charge in [0.05, 0.1) is 0 Å². The first-order valence-corrected chi connectivity index (χ1v) is 5.54. The Morgan fingerprint density at radius 3 is 2.67 bits per heavy atom. The van der Waals surface area contributed by atoms with E-state index >= 15 is 0 Å². The quantitative estimate of drug-likeness (QED) is 0.802. The number of phenolic OH excluding ortho intramolecular Hbond substituents is 1. The second-order valence-electron chi connectivity index (χ2n) is 4.59. The molecule has 0 spiro atoms. The lowest BCUT2D eigenvalue weighted by Gasteiger charge is -2.17. The van der Waals surface area contributed by atoms with Gasteiger partial charge in [0.15, 0.2) is 0 Å². The van der Waals surface area contributed by atoms with Crippen LogP contribution in [0, 0.1) is 5.92 Å². The summed E-state index contributed by atoms with van der Waals surface area (Å²) in [6.07, 6.45) is 1.22. The third-order valence-electron chi connectivity index (χ3n) is 2.45. The summed E-state index contributed by atoms with van der Waals surface area (Å²) in [5.41, 5.74) is 1.17. The Morgan fingerprint density at radius 1 is 1.33 bits per heavy atom. The summed E-state index contributed by atoms with van der Waals surface area (Å²) in [5, 5.41) is 9.33. The molecule has 0 radical (unpaired) electrons. The van der Waals surface area contributed by atoms with Crippen molar-refractivity contribution in [2.24, 2.45) is 5.92 Å². The van der Waals surface area contributed by atoms with Crippen LogP contribution in [0.2, 0.25) is 0 Å². The highest BCUT2D eigenvalue weighted by molar-refractivity contribution is 5.26. The van der Waals surface area contributed by atoms with Crippen LogP contribution in [0.4, 0.5) is 0 Å². The van der Waals surface area contributed by atoms with Gasteiger partial charge in [-0.2, -0.15) is 0 Å². The number of hydrogen-bond acceptors (Lipinski definition) is 2. The molecule has 0 aliphatic carbocycles. The van der Waals surface area contributed by atoms with Crippen molar-refractivity contribution in [3.8, 4) is 5.75 Å². The minimum atomic E-state index is 0.352. The van der Waals surface area contributed by atoms with E-state index in [-0.39, 0.29) is 0 Å². The third-order valence-corrected chi connectivity index (χ3v) is 2.45. The monoisotopic (exact) mass is 207 g/mol. The van der Waals surface area contributed by atoms with E-state index in [1.165, 1.54) is 12.0 Å². The Bertz CT molecular complexity index is 296. The molecule has 0 saturated heterocycles. The van der Waals surface area contributed by atoms with Crippen molar-refractivity contribution in [1.82, 2.24) is 4.90 Å². The molecular formula is C13H21NO. The predicted octanol–water partition coefficient (Wildman–Crippen LogP) is 2.87. The predicted molar refractivity (Wildman–Crippen MR) is 63.9 cm³/mol. The molecule has 0 aromatic heterocycles. The molecule has 0 atom stereocenters. The maximum Gasteiger partial charge on any atom is 0.115 e. The lowest BCUT2D eigenvalue weighted by molar-refractivity contribution is 0.303. The molecule has 0 saturated carbocycles. The lowest BCUT2D eigenvalue weighted by Crippen LogP contribution is -2.20. The van der Waals surface area contributed by atoms with Crippen LogP contribution in [0.1, 0.15) is 25.8 Å². The van der Waals surface area contributed by atoms with Gasteiger partial charge in [0.2, 0.25) is 0 Å². The van der Waals surface area contributed by atoms with Crippen LogP contribution >= 0.6 is 0 Å². The Balaban J connectivity index is 2.40. The van der Waals surface area contributed by atoms with Gasteiger partial charge in [0.25, 0.3) is 0 Å². The average molecular weight is 207 g/mol. The fourth-order valence-corrected chi connectivity index (χ4v) is 1.52. The molecule has 0 unspecified atom stereocenters. The molecule has 0 fully saturated rings. The fraction of sp³-hybridized carbons (Fsp3) is 0.538. The summed E-state index contributed by atoms with van der Waals surface area (Å²) < 4.78 is 0. The van der Waals surface area contributed by atoms with Gasteiger partial charge in [-0.05, 0) is 43.6 Å². The summed E-state index contributed by atoms with van der Waals surface area (Å²) in [7, 11) is 2.12. The highest BCUT2D eigenvalue weighted by Gasteiger charge is 2.02. The van der Waals surface area contributed by atoms with Crippen LogP contribution in [0.3, 0.4) is 0 Å². The van der Waals surface area contributed by atoms with E-state index in [4.69, 9.17) is 0 Å².